The topological polar surface area (TPSA) is 41.9 Å². The van der Waals surface area contributed by atoms with Crippen LogP contribution in [0, 0.1) is 5.92 Å². The minimum absolute atomic E-state index is 0.186. The molecule has 2 aromatic carbocycles. The molecular weight excluding hydrogens is 522 g/mol. The van der Waals surface area contributed by atoms with Crippen LogP contribution < -0.4 is 9.47 Å². The molecule has 182 valence electrons. The number of aliphatic hydroxyl groups excluding tert-OH is 1. The first kappa shape index (κ1) is 26.7. The van der Waals surface area contributed by atoms with E-state index in [0.717, 1.165) is 40.6 Å². The lowest BCUT2D eigenvalue weighted by Crippen LogP contribution is -2.40. The summed E-state index contributed by atoms with van der Waals surface area (Å²) in [4.78, 5) is 2.31. The summed E-state index contributed by atoms with van der Waals surface area (Å²) in [5.74, 6) is 4.78. The van der Waals surface area contributed by atoms with E-state index in [4.69, 9.17) is 21.1 Å². The first-order valence-corrected chi connectivity index (χ1v) is 14.0. The van der Waals surface area contributed by atoms with Crippen molar-refractivity contribution in [1.82, 2.24) is 4.90 Å². The number of β-amino-alcohol motifs (C(OH)–C–C–N with tert-alkyl or cyclic N) is 1. The molecule has 1 saturated heterocycles. The lowest BCUT2D eigenvalue weighted by Gasteiger charge is -2.28. The van der Waals surface area contributed by atoms with E-state index in [1.807, 2.05) is 30.0 Å². The molecule has 0 saturated carbocycles. The van der Waals surface area contributed by atoms with Gasteiger partial charge in [-0.05, 0) is 51.3 Å². The maximum atomic E-state index is 10.3. The fourth-order valence-electron chi connectivity index (χ4n) is 3.74. The second-order valence-corrected chi connectivity index (χ2v) is 11.6. The van der Waals surface area contributed by atoms with Crippen molar-refractivity contribution in [3.63, 3.8) is 0 Å². The molecule has 0 spiro atoms. The third-order valence-corrected chi connectivity index (χ3v) is 8.12. The van der Waals surface area contributed by atoms with Gasteiger partial charge in [0.1, 0.15) is 24.2 Å². The van der Waals surface area contributed by atoms with Gasteiger partial charge in [-0.15, -0.1) is 11.6 Å². The highest BCUT2D eigenvalue weighted by atomic mass is 79.9. The molecule has 2 aromatic rings. The third kappa shape index (κ3) is 7.79. The quantitative estimate of drug-likeness (QED) is 0.354. The third-order valence-electron chi connectivity index (χ3n) is 6.03. The molecule has 2 unspecified atom stereocenters. The zero-order chi connectivity index (χ0) is 23.8. The van der Waals surface area contributed by atoms with E-state index in [-0.39, 0.29) is 5.41 Å². The largest absolute Gasteiger partial charge is 0.492 e. The average molecular weight is 557 g/mol. The Kier molecular flexibility index (Phi) is 10.3. The summed E-state index contributed by atoms with van der Waals surface area (Å²) in [5.41, 5.74) is 2.20. The van der Waals surface area contributed by atoms with Crippen molar-refractivity contribution in [2.75, 3.05) is 50.2 Å². The van der Waals surface area contributed by atoms with Crippen molar-refractivity contribution in [2.45, 2.75) is 32.3 Å². The van der Waals surface area contributed by atoms with Gasteiger partial charge < -0.3 is 14.6 Å². The van der Waals surface area contributed by atoms with Gasteiger partial charge in [0.15, 0.2) is 0 Å². The molecule has 1 aliphatic heterocycles. The van der Waals surface area contributed by atoms with Crippen LogP contribution in [0.25, 0.3) is 0 Å². The molecule has 0 amide bonds. The second-order valence-electron chi connectivity index (χ2n) is 9.24. The van der Waals surface area contributed by atoms with Gasteiger partial charge in [-0.2, -0.15) is 11.8 Å². The van der Waals surface area contributed by atoms with Crippen LogP contribution >= 0.6 is 39.3 Å². The van der Waals surface area contributed by atoms with Crippen LogP contribution in [0.5, 0.6) is 11.5 Å². The SMILES string of the molecule is CC(CCl)COc1ccc(C(C)(C)c2ccc(OCC(O)CN3CCSCC3)cc2)cc1Br. The monoisotopic (exact) mass is 555 g/mol. The van der Waals surface area contributed by atoms with Gasteiger partial charge >= 0.3 is 0 Å². The molecule has 1 fully saturated rings. The second kappa shape index (κ2) is 12.7. The van der Waals surface area contributed by atoms with Crippen molar-refractivity contribution in [3.8, 4) is 11.5 Å². The molecule has 0 radical (unpaired) electrons. The molecule has 0 bridgehead atoms. The van der Waals surface area contributed by atoms with Crippen molar-refractivity contribution in [2.24, 2.45) is 5.92 Å². The van der Waals surface area contributed by atoms with Crippen LogP contribution in [0.3, 0.4) is 0 Å². The Morgan fingerprint density at radius 2 is 1.73 bits per heavy atom. The van der Waals surface area contributed by atoms with E-state index in [9.17, 15) is 5.11 Å². The zero-order valence-corrected chi connectivity index (χ0v) is 22.9. The lowest BCUT2D eigenvalue weighted by molar-refractivity contribution is 0.0715. The molecule has 0 aromatic heterocycles. The highest BCUT2D eigenvalue weighted by molar-refractivity contribution is 9.10. The predicted molar refractivity (Wildman–Crippen MR) is 143 cm³/mol. The number of halogens is 2. The number of aliphatic hydroxyl groups is 1. The molecule has 1 aliphatic rings. The van der Waals surface area contributed by atoms with E-state index in [1.54, 1.807) is 0 Å². The van der Waals surface area contributed by atoms with Gasteiger partial charge in [0.25, 0.3) is 0 Å². The minimum Gasteiger partial charge on any atom is -0.492 e. The van der Waals surface area contributed by atoms with E-state index in [1.165, 1.54) is 11.1 Å². The van der Waals surface area contributed by atoms with Crippen LogP contribution in [0.2, 0.25) is 0 Å². The summed E-state index contributed by atoms with van der Waals surface area (Å²) < 4.78 is 12.7. The normalized spacial score (nSPS) is 16.9. The minimum atomic E-state index is -0.477. The van der Waals surface area contributed by atoms with Gasteiger partial charge in [-0.25, -0.2) is 0 Å². The molecule has 1 N–H and O–H groups in total. The standard InChI is InChI=1S/C26H35BrClNO3S/c1-19(15-28)17-32-25-9-6-21(14-24(25)27)26(2,3)20-4-7-23(8-5-20)31-18-22(30)16-29-10-12-33-13-11-29/h4-9,14,19,22,30H,10-13,15-18H2,1-3H3. The zero-order valence-electron chi connectivity index (χ0n) is 19.7. The van der Waals surface area contributed by atoms with Crippen molar-refractivity contribution >= 4 is 39.3 Å². The Balaban J connectivity index is 1.57. The van der Waals surface area contributed by atoms with Gasteiger partial charge in [-0.3, -0.25) is 4.90 Å². The molecule has 7 heteroatoms. The maximum Gasteiger partial charge on any atom is 0.133 e. The number of hydrogen-bond acceptors (Lipinski definition) is 5. The molecule has 1 heterocycles. The van der Waals surface area contributed by atoms with Crippen LogP contribution in [0.15, 0.2) is 46.9 Å². The lowest BCUT2D eigenvalue weighted by atomic mass is 9.78. The Morgan fingerprint density at radius 3 is 2.36 bits per heavy atom. The number of benzene rings is 2. The summed E-state index contributed by atoms with van der Waals surface area (Å²) in [5, 5.41) is 10.3. The van der Waals surface area contributed by atoms with Crippen molar-refractivity contribution < 1.29 is 14.6 Å². The molecule has 3 rings (SSSR count). The van der Waals surface area contributed by atoms with E-state index < -0.39 is 6.10 Å². The van der Waals surface area contributed by atoms with Crippen LogP contribution in [0.4, 0.5) is 0 Å². The van der Waals surface area contributed by atoms with Crippen LogP contribution in [-0.2, 0) is 5.41 Å². The highest BCUT2D eigenvalue weighted by Gasteiger charge is 2.24. The molecule has 2 atom stereocenters. The Hall–Kier alpha value is -0.920. The first-order valence-electron chi connectivity index (χ1n) is 11.5. The summed E-state index contributed by atoms with van der Waals surface area (Å²) in [6, 6.07) is 14.4. The smallest absolute Gasteiger partial charge is 0.133 e. The van der Waals surface area contributed by atoms with Crippen molar-refractivity contribution in [1.29, 1.82) is 0 Å². The van der Waals surface area contributed by atoms with E-state index >= 15 is 0 Å². The van der Waals surface area contributed by atoms with Gasteiger partial charge in [0, 0.05) is 48.4 Å². The van der Waals surface area contributed by atoms with Gasteiger partial charge in [0.05, 0.1) is 11.1 Å². The average Bonchev–Trinajstić information content (AvgIpc) is 2.82. The Morgan fingerprint density at radius 1 is 1.06 bits per heavy atom. The van der Waals surface area contributed by atoms with Crippen LogP contribution in [0.1, 0.15) is 31.9 Å². The molecule has 4 nitrogen and oxygen atoms in total. The molecule has 0 aliphatic carbocycles. The molecular formula is C26H35BrClNO3S. The number of rotatable bonds is 11. The van der Waals surface area contributed by atoms with Crippen LogP contribution in [-0.4, -0.2) is 66.3 Å². The summed E-state index contributed by atoms with van der Waals surface area (Å²) in [6.45, 7) is 10.2. The maximum absolute atomic E-state index is 10.3. The van der Waals surface area contributed by atoms with Gasteiger partial charge in [-0.1, -0.05) is 39.0 Å². The Labute approximate surface area is 216 Å². The predicted octanol–water partition coefficient (Wildman–Crippen LogP) is 5.82. The highest BCUT2D eigenvalue weighted by Crippen LogP contribution is 2.36. The van der Waals surface area contributed by atoms with E-state index in [2.05, 4.69) is 65.9 Å². The number of alkyl halides is 1. The Bertz CT molecular complexity index is 874. The number of nitrogens with zero attached hydrogens (tertiary/aromatic N) is 1. The summed E-state index contributed by atoms with van der Waals surface area (Å²) in [7, 11) is 0. The van der Waals surface area contributed by atoms with Crippen molar-refractivity contribution in [3.05, 3.63) is 58.1 Å². The number of thioether (sulfide) groups is 1. The van der Waals surface area contributed by atoms with E-state index in [0.29, 0.717) is 31.6 Å². The summed E-state index contributed by atoms with van der Waals surface area (Å²) in [6.07, 6.45) is -0.477. The molecule has 33 heavy (non-hydrogen) atoms. The fraction of sp³-hybridized carbons (Fsp3) is 0.538. The number of hydrogen-bond donors (Lipinski definition) is 1. The first-order chi connectivity index (χ1) is 15.8. The number of ether oxygens (including phenoxy) is 2. The van der Waals surface area contributed by atoms with Gasteiger partial charge in [0.2, 0.25) is 0 Å². The summed E-state index contributed by atoms with van der Waals surface area (Å²) >= 11 is 11.5. The fourth-order valence-corrected chi connectivity index (χ4v) is 5.31.